The zero-order valence-electron chi connectivity index (χ0n) is 38.4. The van der Waals surface area contributed by atoms with Crippen LogP contribution in [0.25, 0.3) is 0 Å². The van der Waals surface area contributed by atoms with Crippen molar-refractivity contribution in [3.63, 3.8) is 0 Å². The molecule has 1 N–H and O–H groups in total. The third-order valence-corrected chi connectivity index (χ3v) is 12.2. The monoisotopic (exact) mass is 921 g/mol. The number of rotatable bonds is 33. The summed E-state index contributed by atoms with van der Waals surface area (Å²) in [4.78, 5) is 80.4. The Bertz CT molecular complexity index is 2020. The van der Waals surface area contributed by atoms with Gasteiger partial charge < -0.3 is 24.3 Å². The van der Waals surface area contributed by atoms with Crippen LogP contribution in [0.5, 0.6) is 0 Å². The third kappa shape index (κ3) is 22.4. The molecule has 0 saturated heterocycles. The van der Waals surface area contributed by atoms with Gasteiger partial charge in [-0.1, -0.05) is 180 Å². The van der Waals surface area contributed by atoms with E-state index in [2.05, 4.69) is 12.2 Å². The summed E-state index contributed by atoms with van der Waals surface area (Å²) in [5.74, 6) is -4.63. The van der Waals surface area contributed by atoms with E-state index >= 15 is 0 Å². The lowest BCUT2D eigenvalue weighted by atomic mass is 9.99. The quantitative estimate of drug-likeness (QED) is 0.0276. The van der Waals surface area contributed by atoms with Gasteiger partial charge in [-0.3, -0.25) is 24.0 Å². The predicted molar refractivity (Wildman–Crippen MR) is 257 cm³/mol. The molecule has 4 aromatic rings. The number of amides is 1. The number of hydrogen-bond donors (Lipinski definition) is 1. The lowest BCUT2D eigenvalue weighted by Gasteiger charge is -2.20. The van der Waals surface area contributed by atoms with Crippen molar-refractivity contribution < 1.29 is 47.7 Å². The Morgan fingerprint density at radius 2 is 0.864 bits per heavy atom. The summed E-state index contributed by atoms with van der Waals surface area (Å²) in [6.07, 6.45) is 9.60. The molecule has 0 radical (unpaired) electrons. The Balaban J connectivity index is 1.38. The Labute approximate surface area is 395 Å². The Morgan fingerprint density at radius 3 is 1.32 bits per heavy atom. The summed E-state index contributed by atoms with van der Waals surface area (Å²) in [5.41, 5.74) is 3.14. The van der Waals surface area contributed by atoms with Gasteiger partial charge in [0.25, 0.3) is 0 Å². The molecule has 0 aliphatic rings. The van der Waals surface area contributed by atoms with E-state index in [1.54, 1.807) is 0 Å². The molecule has 0 aliphatic heterocycles. The van der Waals surface area contributed by atoms with Crippen molar-refractivity contribution in [2.24, 2.45) is 11.8 Å². The fourth-order valence-corrected chi connectivity index (χ4v) is 8.30. The van der Waals surface area contributed by atoms with Gasteiger partial charge in [-0.05, 0) is 35.1 Å². The topological polar surface area (TPSA) is 151 Å². The maximum atomic E-state index is 13.7. The second-order valence-electron chi connectivity index (χ2n) is 16.5. The van der Waals surface area contributed by atoms with Crippen molar-refractivity contribution in [2.75, 3.05) is 11.5 Å². The largest absolute Gasteiger partial charge is 0.461 e. The normalized spacial score (nSPS) is 12.3. The highest BCUT2D eigenvalue weighted by atomic mass is 32.2. The van der Waals surface area contributed by atoms with E-state index in [4.69, 9.17) is 18.9 Å². The summed E-state index contributed by atoms with van der Waals surface area (Å²) in [5, 5.41) is 2.82. The smallest absolute Gasteiger partial charge is 0.328 e. The molecule has 0 unspecified atom stereocenters. The number of thioether (sulfide) groups is 1. The first-order valence-corrected chi connectivity index (χ1v) is 24.6. The fourth-order valence-electron chi connectivity index (χ4n) is 7.09. The molecule has 354 valence electrons. The molecule has 66 heavy (non-hydrogen) atoms. The summed E-state index contributed by atoms with van der Waals surface area (Å²) in [7, 11) is 0. The predicted octanol–water partition coefficient (Wildman–Crippen LogP) is 10.5. The lowest BCUT2D eigenvalue weighted by Crippen LogP contribution is -2.42. The number of nitrogens with one attached hydrogen (secondary N) is 1. The summed E-state index contributed by atoms with van der Waals surface area (Å²) < 4.78 is 22.4. The Morgan fingerprint density at radius 1 is 0.470 bits per heavy atom. The molecule has 4 rings (SSSR count). The van der Waals surface area contributed by atoms with Gasteiger partial charge in [0, 0.05) is 30.8 Å². The number of carbonyl (C=O) groups is 6. The zero-order chi connectivity index (χ0) is 47.0. The fraction of sp³-hybridized carbons (Fsp3) is 0.444. The molecule has 11 nitrogen and oxygen atoms in total. The molecule has 0 bridgehead atoms. The molecular weight excluding hydrogens is 855 g/mol. The highest BCUT2D eigenvalue weighted by molar-refractivity contribution is 7.99. The van der Waals surface area contributed by atoms with Crippen LogP contribution in [-0.4, -0.2) is 53.1 Å². The molecule has 0 spiro atoms. The van der Waals surface area contributed by atoms with E-state index in [0.717, 1.165) is 41.5 Å². The van der Waals surface area contributed by atoms with Crippen molar-refractivity contribution in [3.05, 3.63) is 144 Å². The van der Waals surface area contributed by atoms with Crippen LogP contribution in [0.1, 0.15) is 119 Å². The minimum atomic E-state index is -1.06. The van der Waals surface area contributed by atoms with Gasteiger partial charge in [-0.25, -0.2) is 4.79 Å². The van der Waals surface area contributed by atoms with Gasteiger partial charge in [0.05, 0.1) is 18.3 Å². The van der Waals surface area contributed by atoms with E-state index < -0.39 is 41.8 Å². The van der Waals surface area contributed by atoms with Crippen LogP contribution in [0.4, 0.5) is 0 Å². The summed E-state index contributed by atoms with van der Waals surface area (Å²) in [6, 6.07) is 35.7. The van der Waals surface area contributed by atoms with Crippen molar-refractivity contribution in [2.45, 2.75) is 129 Å². The number of esters is 4. The second-order valence-corrected chi connectivity index (χ2v) is 17.6. The summed E-state index contributed by atoms with van der Waals surface area (Å²) in [6.45, 7) is 2.27. The number of ether oxygens (including phenoxy) is 4. The number of hydrogen-bond acceptors (Lipinski definition) is 11. The van der Waals surface area contributed by atoms with E-state index in [0.29, 0.717) is 6.42 Å². The molecule has 0 heterocycles. The molecule has 3 atom stereocenters. The number of ketones is 1. The van der Waals surface area contributed by atoms with Gasteiger partial charge >= 0.3 is 23.9 Å². The van der Waals surface area contributed by atoms with Gasteiger partial charge in [0.2, 0.25) is 5.91 Å². The molecule has 0 saturated carbocycles. The van der Waals surface area contributed by atoms with Crippen LogP contribution in [0, 0.1) is 11.8 Å². The zero-order valence-corrected chi connectivity index (χ0v) is 39.2. The first-order chi connectivity index (χ1) is 32.2. The molecule has 4 aromatic carbocycles. The van der Waals surface area contributed by atoms with E-state index in [-0.39, 0.29) is 81.7 Å². The Hall–Kier alpha value is -5.75. The second kappa shape index (κ2) is 32.0. The molecule has 12 heteroatoms. The highest BCUT2D eigenvalue weighted by Gasteiger charge is 2.30. The molecule has 0 fully saturated rings. The average Bonchev–Trinajstić information content (AvgIpc) is 3.34. The summed E-state index contributed by atoms with van der Waals surface area (Å²) >= 11 is 1.23. The maximum Gasteiger partial charge on any atom is 0.328 e. The van der Waals surface area contributed by atoms with E-state index in [9.17, 15) is 28.8 Å². The minimum Gasteiger partial charge on any atom is -0.461 e. The van der Waals surface area contributed by atoms with Crippen LogP contribution >= 0.6 is 11.8 Å². The third-order valence-electron chi connectivity index (χ3n) is 10.9. The van der Waals surface area contributed by atoms with Crippen LogP contribution in [0.15, 0.2) is 121 Å². The highest BCUT2D eigenvalue weighted by Crippen LogP contribution is 2.23. The molecule has 1 amide bonds. The standard InChI is InChI=1S/C54H67NO10S/c1-2-3-4-5-6-7-8-9-22-31-50(57)55-49(54(61)65-39-45-29-20-13-21-30-45)33-32-48(56)34-46(52(59)63-37-43-25-16-11-17-26-43)40-66-41-47(53(60)64-38-44-27-18-12-19-28-44)35-51(58)62-36-42-23-14-10-15-24-42/h10-21,23-30,46-47,49H,2-9,22,31-41H2,1H3,(H,55,57)/t46-,47+,49-/m1/s1. The average molecular weight is 922 g/mol. The van der Waals surface area contributed by atoms with Crippen LogP contribution in [-0.2, 0) is 74.1 Å². The number of benzene rings is 4. The van der Waals surface area contributed by atoms with Gasteiger partial charge in [-0.2, -0.15) is 11.8 Å². The lowest BCUT2D eigenvalue weighted by molar-refractivity contribution is -0.155. The van der Waals surface area contributed by atoms with Crippen LogP contribution in [0.3, 0.4) is 0 Å². The molecule has 0 aromatic heterocycles. The molecule has 0 aliphatic carbocycles. The van der Waals surface area contributed by atoms with Crippen molar-refractivity contribution in [1.29, 1.82) is 0 Å². The first-order valence-electron chi connectivity index (χ1n) is 23.4. The van der Waals surface area contributed by atoms with E-state index in [1.807, 2.05) is 121 Å². The van der Waals surface area contributed by atoms with Crippen molar-refractivity contribution in [1.82, 2.24) is 5.32 Å². The van der Waals surface area contributed by atoms with Crippen molar-refractivity contribution >= 4 is 47.3 Å². The minimum absolute atomic E-state index is 0.00293. The van der Waals surface area contributed by atoms with Gasteiger partial charge in [0.15, 0.2) is 0 Å². The van der Waals surface area contributed by atoms with Crippen molar-refractivity contribution in [3.8, 4) is 0 Å². The van der Waals surface area contributed by atoms with E-state index in [1.165, 1.54) is 43.9 Å². The van der Waals surface area contributed by atoms with Crippen LogP contribution in [0.2, 0.25) is 0 Å². The van der Waals surface area contributed by atoms with Crippen LogP contribution < -0.4 is 5.32 Å². The Kier molecular flexibility index (Phi) is 25.6. The number of Topliss-reactive ketones (excluding diaryl/α,β-unsaturated/α-hetero) is 1. The SMILES string of the molecule is CCCCCCCCCCCC(=O)N[C@H](CCC(=O)C[C@H](CSC[C@H](CC(=O)OCc1ccccc1)C(=O)OCc1ccccc1)C(=O)OCc1ccccc1)C(=O)OCc1ccccc1. The first kappa shape index (κ1) is 52.9. The molecular formula is C54H67NO10S. The van der Waals surface area contributed by atoms with Gasteiger partial charge in [-0.15, -0.1) is 0 Å². The maximum absolute atomic E-state index is 13.7. The number of carbonyl (C=O) groups excluding carboxylic acids is 6. The van der Waals surface area contributed by atoms with Gasteiger partial charge in [0.1, 0.15) is 38.3 Å². The number of unbranched alkanes of at least 4 members (excludes halogenated alkanes) is 8.